The fraction of sp³-hybridized carbons (Fsp3) is 0.875. The van der Waals surface area contributed by atoms with Gasteiger partial charge in [-0.05, 0) is 12.8 Å². The van der Waals surface area contributed by atoms with Crippen LogP contribution in [0.3, 0.4) is 0 Å². The van der Waals surface area contributed by atoms with E-state index in [9.17, 15) is 0 Å². The molecule has 0 aromatic carbocycles. The van der Waals surface area contributed by atoms with Crippen molar-refractivity contribution in [3.63, 3.8) is 0 Å². The molecule has 0 atom stereocenters. The van der Waals surface area contributed by atoms with E-state index in [4.69, 9.17) is 4.74 Å². The van der Waals surface area contributed by atoms with Gasteiger partial charge in [-0.1, -0.05) is 26.7 Å². The third-order valence-electron chi connectivity index (χ3n) is 1.18. The summed E-state index contributed by atoms with van der Waals surface area (Å²) < 4.78 is 5.27. The summed E-state index contributed by atoms with van der Waals surface area (Å²) in [4.78, 5) is 0. The Morgan fingerprint density at radius 3 is 2.44 bits per heavy atom. The largest absolute Gasteiger partial charge is 0.381 e. The quantitative estimate of drug-likeness (QED) is 0.500. The predicted octanol–water partition coefficient (Wildman–Crippen LogP) is 2.42. The molecule has 0 amide bonds. The van der Waals surface area contributed by atoms with Gasteiger partial charge in [0.15, 0.2) is 0 Å². The molecule has 0 aliphatic rings. The van der Waals surface area contributed by atoms with Crippen LogP contribution < -0.4 is 0 Å². The maximum atomic E-state index is 5.27. The standard InChI is InChI=1S/C8H17O/c1-3-5-7-9-8-6-4-2/h1,3-8H2,2H3. The van der Waals surface area contributed by atoms with Gasteiger partial charge in [-0.25, -0.2) is 0 Å². The molecule has 55 valence electrons. The van der Waals surface area contributed by atoms with Crippen molar-refractivity contribution in [1.82, 2.24) is 0 Å². The first kappa shape index (κ1) is 8.96. The summed E-state index contributed by atoms with van der Waals surface area (Å²) >= 11 is 0. The number of ether oxygens (including phenoxy) is 1. The van der Waals surface area contributed by atoms with Crippen molar-refractivity contribution in [1.29, 1.82) is 0 Å². The summed E-state index contributed by atoms with van der Waals surface area (Å²) in [5.41, 5.74) is 0. The SMILES string of the molecule is [CH2]CCCOCCCC. The highest BCUT2D eigenvalue weighted by Gasteiger charge is 1.84. The topological polar surface area (TPSA) is 9.23 Å². The van der Waals surface area contributed by atoms with Crippen LogP contribution in [0.25, 0.3) is 0 Å². The van der Waals surface area contributed by atoms with E-state index >= 15 is 0 Å². The molecule has 0 aromatic rings. The van der Waals surface area contributed by atoms with Crippen LogP contribution in [0.5, 0.6) is 0 Å². The fourth-order valence-corrected chi connectivity index (χ4v) is 0.553. The van der Waals surface area contributed by atoms with Crippen molar-refractivity contribution in [3.8, 4) is 0 Å². The van der Waals surface area contributed by atoms with Gasteiger partial charge in [-0.3, -0.25) is 0 Å². The highest BCUT2D eigenvalue weighted by Crippen LogP contribution is 1.91. The summed E-state index contributed by atoms with van der Waals surface area (Å²) in [6, 6.07) is 0. The van der Waals surface area contributed by atoms with Crippen LogP contribution in [-0.2, 0) is 4.74 Å². The second kappa shape index (κ2) is 7.96. The Morgan fingerprint density at radius 2 is 1.89 bits per heavy atom. The molecule has 0 spiro atoms. The molecule has 0 N–H and O–H groups in total. The lowest BCUT2D eigenvalue weighted by molar-refractivity contribution is 0.129. The first-order chi connectivity index (χ1) is 4.41. The molecule has 0 fully saturated rings. The summed E-state index contributed by atoms with van der Waals surface area (Å²) in [6.07, 6.45) is 4.51. The summed E-state index contributed by atoms with van der Waals surface area (Å²) in [5.74, 6) is 0. The molecule has 0 unspecified atom stereocenters. The Hall–Kier alpha value is -0.0400. The van der Waals surface area contributed by atoms with Gasteiger partial charge >= 0.3 is 0 Å². The molecular formula is C8H17O. The molecule has 0 heterocycles. The van der Waals surface area contributed by atoms with Gasteiger partial charge in [-0.15, -0.1) is 0 Å². The van der Waals surface area contributed by atoms with Crippen molar-refractivity contribution >= 4 is 0 Å². The van der Waals surface area contributed by atoms with Gasteiger partial charge in [-0.2, -0.15) is 0 Å². The number of rotatable bonds is 6. The van der Waals surface area contributed by atoms with E-state index in [0.29, 0.717) is 0 Å². The van der Waals surface area contributed by atoms with E-state index < -0.39 is 0 Å². The van der Waals surface area contributed by atoms with Crippen LogP contribution in [0.15, 0.2) is 0 Å². The zero-order valence-corrected chi connectivity index (χ0v) is 6.36. The summed E-state index contributed by atoms with van der Waals surface area (Å²) in [5, 5.41) is 0. The van der Waals surface area contributed by atoms with E-state index in [1.54, 1.807) is 0 Å². The van der Waals surface area contributed by atoms with Gasteiger partial charge < -0.3 is 4.74 Å². The van der Waals surface area contributed by atoms with Gasteiger partial charge in [0.25, 0.3) is 0 Å². The maximum absolute atomic E-state index is 5.27. The minimum atomic E-state index is 0.892. The molecular weight excluding hydrogens is 112 g/mol. The first-order valence-corrected chi connectivity index (χ1v) is 3.78. The Bertz CT molecular complexity index is 37.8. The predicted molar refractivity (Wildman–Crippen MR) is 40.3 cm³/mol. The molecule has 0 saturated heterocycles. The lowest BCUT2D eigenvalue weighted by Gasteiger charge is -1.99. The molecule has 0 aliphatic carbocycles. The van der Waals surface area contributed by atoms with E-state index in [-0.39, 0.29) is 0 Å². The van der Waals surface area contributed by atoms with Crippen LogP contribution in [0.2, 0.25) is 0 Å². The van der Waals surface area contributed by atoms with Gasteiger partial charge in [0.1, 0.15) is 0 Å². The second-order valence-corrected chi connectivity index (χ2v) is 2.17. The van der Waals surface area contributed by atoms with E-state index in [2.05, 4.69) is 13.8 Å². The molecule has 1 radical (unpaired) electrons. The van der Waals surface area contributed by atoms with Crippen LogP contribution in [-0.4, -0.2) is 13.2 Å². The monoisotopic (exact) mass is 129 g/mol. The molecule has 0 rings (SSSR count). The van der Waals surface area contributed by atoms with E-state index in [1.165, 1.54) is 12.8 Å². The highest BCUT2D eigenvalue weighted by atomic mass is 16.5. The van der Waals surface area contributed by atoms with Crippen molar-refractivity contribution in [3.05, 3.63) is 6.92 Å². The Kier molecular flexibility index (Phi) is 7.92. The fourth-order valence-electron chi connectivity index (χ4n) is 0.553. The number of hydrogen-bond acceptors (Lipinski definition) is 1. The number of unbranched alkanes of at least 4 members (excludes halogenated alkanes) is 2. The highest BCUT2D eigenvalue weighted by molar-refractivity contribution is 4.39. The van der Waals surface area contributed by atoms with E-state index in [0.717, 1.165) is 26.1 Å². The van der Waals surface area contributed by atoms with Crippen molar-refractivity contribution in [2.45, 2.75) is 32.6 Å². The van der Waals surface area contributed by atoms with Gasteiger partial charge in [0, 0.05) is 13.2 Å². The lowest BCUT2D eigenvalue weighted by atomic mass is 10.3. The lowest BCUT2D eigenvalue weighted by Crippen LogP contribution is -1.95. The average Bonchev–Trinajstić information content (AvgIpc) is 1.89. The van der Waals surface area contributed by atoms with Crippen LogP contribution in [0.4, 0.5) is 0 Å². The minimum absolute atomic E-state index is 0.892. The van der Waals surface area contributed by atoms with Crippen molar-refractivity contribution in [2.24, 2.45) is 0 Å². The first-order valence-electron chi connectivity index (χ1n) is 3.78. The Morgan fingerprint density at radius 1 is 1.22 bits per heavy atom. The molecule has 0 bridgehead atoms. The zero-order valence-electron chi connectivity index (χ0n) is 6.36. The molecule has 1 nitrogen and oxygen atoms in total. The minimum Gasteiger partial charge on any atom is -0.381 e. The normalized spacial score (nSPS) is 10.0. The Balaban J connectivity index is 2.60. The van der Waals surface area contributed by atoms with Gasteiger partial charge in [0.2, 0.25) is 0 Å². The van der Waals surface area contributed by atoms with Crippen molar-refractivity contribution < 1.29 is 4.74 Å². The van der Waals surface area contributed by atoms with Gasteiger partial charge in [0.05, 0.1) is 0 Å². The molecule has 0 aliphatic heterocycles. The second-order valence-electron chi connectivity index (χ2n) is 2.17. The smallest absolute Gasteiger partial charge is 0.0466 e. The average molecular weight is 129 g/mol. The molecule has 0 saturated carbocycles. The summed E-state index contributed by atoms with van der Waals surface area (Å²) in [7, 11) is 0. The third kappa shape index (κ3) is 7.96. The van der Waals surface area contributed by atoms with Crippen LogP contribution >= 0.6 is 0 Å². The third-order valence-corrected chi connectivity index (χ3v) is 1.18. The summed E-state index contributed by atoms with van der Waals surface area (Å²) in [6.45, 7) is 7.71. The Labute approximate surface area is 58.4 Å². The zero-order chi connectivity index (χ0) is 6.95. The van der Waals surface area contributed by atoms with Crippen molar-refractivity contribution in [2.75, 3.05) is 13.2 Å². The van der Waals surface area contributed by atoms with E-state index in [1.807, 2.05) is 0 Å². The van der Waals surface area contributed by atoms with Crippen LogP contribution in [0, 0.1) is 6.92 Å². The number of hydrogen-bond donors (Lipinski definition) is 0. The van der Waals surface area contributed by atoms with Crippen LogP contribution in [0.1, 0.15) is 32.6 Å². The molecule has 1 heteroatoms. The maximum Gasteiger partial charge on any atom is 0.0466 e. The molecule has 9 heavy (non-hydrogen) atoms. The molecule has 0 aromatic heterocycles.